The van der Waals surface area contributed by atoms with Crippen molar-refractivity contribution in [2.45, 2.75) is 72.6 Å². The lowest BCUT2D eigenvalue weighted by molar-refractivity contribution is 0.600. The first-order chi connectivity index (χ1) is 14.9. The summed E-state index contributed by atoms with van der Waals surface area (Å²) in [5, 5.41) is 0. The molecule has 0 aliphatic rings. The zero-order valence-electron chi connectivity index (χ0n) is 20.4. The Kier molecular flexibility index (Phi) is 9.91. The first kappa shape index (κ1) is 24.8. The number of allylic oxidation sites excluding steroid dienone is 8. The Morgan fingerprint density at radius 3 is 1.52 bits per heavy atom. The third kappa shape index (κ3) is 7.94. The van der Waals surface area contributed by atoms with Gasteiger partial charge in [0.15, 0.2) is 0 Å². The van der Waals surface area contributed by atoms with Crippen molar-refractivity contribution in [3.05, 3.63) is 95.6 Å². The third-order valence-corrected chi connectivity index (χ3v) is 6.18. The van der Waals surface area contributed by atoms with Crippen molar-refractivity contribution in [2.75, 3.05) is 0 Å². The molecule has 0 saturated carbocycles. The van der Waals surface area contributed by atoms with Crippen molar-refractivity contribution >= 4 is 0 Å². The highest BCUT2D eigenvalue weighted by atomic mass is 14.8. The molecule has 0 amide bonds. The molecule has 0 fully saturated rings. The zero-order chi connectivity index (χ0) is 22.7. The van der Waals surface area contributed by atoms with Gasteiger partial charge in [-0.2, -0.15) is 0 Å². The van der Waals surface area contributed by atoms with Gasteiger partial charge in [-0.25, -0.2) is 0 Å². The predicted octanol–water partition coefficient (Wildman–Crippen LogP) is 8.07. The van der Waals surface area contributed by atoms with Gasteiger partial charge < -0.3 is 9.97 Å². The van der Waals surface area contributed by atoms with Crippen LogP contribution in [0, 0.1) is 11.8 Å². The molecule has 0 radical (unpaired) electrons. The molecule has 2 atom stereocenters. The number of hydrogen-bond acceptors (Lipinski definition) is 0. The molecule has 31 heavy (non-hydrogen) atoms. The van der Waals surface area contributed by atoms with Gasteiger partial charge >= 0.3 is 0 Å². The summed E-state index contributed by atoms with van der Waals surface area (Å²) in [5.74, 6) is 1.29. The van der Waals surface area contributed by atoms with E-state index in [9.17, 15) is 0 Å². The molecular weight excluding hydrogens is 376 g/mol. The van der Waals surface area contributed by atoms with Crippen LogP contribution in [-0.4, -0.2) is 9.97 Å². The molecule has 0 aliphatic heterocycles. The van der Waals surface area contributed by atoms with Crippen LogP contribution in [0.1, 0.15) is 77.2 Å². The Morgan fingerprint density at radius 1 is 0.710 bits per heavy atom. The van der Waals surface area contributed by atoms with Crippen molar-refractivity contribution in [1.82, 2.24) is 9.97 Å². The van der Waals surface area contributed by atoms with Crippen LogP contribution in [0.4, 0.5) is 0 Å². The molecule has 2 rings (SSSR count). The van der Waals surface area contributed by atoms with E-state index in [0.29, 0.717) is 11.8 Å². The maximum Gasteiger partial charge on any atom is 0.0447 e. The van der Waals surface area contributed by atoms with Gasteiger partial charge in [-0.05, 0) is 49.9 Å². The number of H-pyrrole nitrogens is 2. The fraction of sp³-hybridized carbons (Fsp3) is 0.448. The summed E-state index contributed by atoms with van der Waals surface area (Å²) in [5.41, 5.74) is 4.90. The molecule has 0 unspecified atom stereocenters. The van der Waals surface area contributed by atoms with E-state index in [1.165, 1.54) is 35.6 Å². The van der Waals surface area contributed by atoms with Gasteiger partial charge in [0.05, 0.1) is 0 Å². The monoisotopic (exact) mass is 418 g/mol. The van der Waals surface area contributed by atoms with E-state index in [0.717, 1.165) is 12.8 Å². The standard InChI is InChI=1S/C29H42N2/c1-7-23(3)15-11-9-13-17-25-19-21-27(30-25)29(5,6)28-22-20-26(31-28)18-14-10-12-16-24(4)8-2/h9-16,19-24,30-31H,7-8,17-18H2,1-6H3/b13-9+,14-10+,15-11+,16-12+/t23-,24-/m0/s1. The van der Waals surface area contributed by atoms with E-state index in [1.54, 1.807) is 0 Å². The SMILES string of the molecule is CC[C@H](C)/C=C/C=C/Cc1ccc(C(C)(C)c2ccc(C/C=C/C=C/[C@@H](C)CC)[nH]2)[nH]1. The summed E-state index contributed by atoms with van der Waals surface area (Å²) in [4.78, 5) is 7.26. The van der Waals surface area contributed by atoms with Gasteiger partial charge in [0.2, 0.25) is 0 Å². The summed E-state index contributed by atoms with van der Waals surface area (Å²) < 4.78 is 0. The fourth-order valence-electron chi connectivity index (χ4n) is 3.32. The van der Waals surface area contributed by atoms with Crippen molar-refractivity contribution in [3.8, 4) is 0 Å². The second-order valence-corrected chi connectivity index (χ2v) is 9.22. The Labute approximate surface area is 190 Å². The largest absolute Gasteiger partial charge is 0.361 e. The van der Waals surface area contributed by atoms with Gasteiger partial charge in [0.1, 0.15) is 0 Å². The van der Waals surface area contributed by atoms with Crippen molar-refractivity contribution in [1.29, 1.82) is 0 Å². The van der Waals surface area contributed by atoms with Gasteiger partial charge in [-0.3, -0.25) is 0 Å². The molecule has 2 heterocycles. The Bertz CT molecular complexity index is 813. The Morgan fingerprint density at radius 2 is 1.13 bits per heavy atom. The molecule has 2 aromatic heterocycles. The number of nitrogens with one attached hydrogen (secondary N) is 2. The fourth-order valence-corrected chi connectivity index (χ4v) is 3.32. The average molecular weight is 419 g/mol. The van der Waals surface area contributed by atoms with Crippen LogP contribution in [0.25, 0.3) is 0 Å². The van der Waals surface area contributed by atoms with Crippen molar-refractivity contribution in [3.63, 3.8) is 0 Å². The minimum Gasteiger partial charge on any atom is -0.361 e. The molecule has 0 spiro atoms. The molecule has 0 saturated heterocycles. The maximum absolute atomic E-state index is 3.63. The summed E-state index contributed by atoms with van der Waals surface area (Å²) in [6.07, 6.45) is 21.8. The summed E-state index contributed by atoms with van der Waals surface area (Å²) in [6, 6.07) is 8.85. The highest BCUT2D eigenvalue weighted by Gasteiger charge is 2.26. The second kappa shape index (κ2) is 12.4. The molecule has 2 aromatic rings. The quantitative estimate of drug-likeness (QED) is 0.327. The van der Waals surface area contributed by atoms with Gasteiger partial charge in [-0.15, -0.1) is 0 Å². The van der Waals surface area contributed by atoms with Gasteiger partial charge in [-0.1, -0.05) is 89.1 Å². The zero-order valence-corrected chi connectivity index (χ0v) is 20.4. The molecule has 0 aromatic carbocycles. The van der Waals surface area contributed by atoms with E-state index in [4.69, 9.17) is 0 Å². The van der Waals surface area contributed by atoms with E-state index in [2.05, 4.69) is 124 Å². The number of rotatable bonds is 12. The first-order valence-electron chi connectivity index (χ1n) is 11.9. The van der Waals surface area contributed by atoms with E-state index in [1.807, 2.05) is 0 Å². The lowest BCUT2D eigenvalue weighted by Crippen LogP contribution is -2.20. The van der Waals surface area contributed by atoms with Crippen LogP contribution in [0.15, 0.2) is 72.9 Å². The summed E-state index contributed by atoms with van der Waals surface area (Å²) in [6.45, 7) is 13.5. The minimum atomic E-state index is -0.0865. The van der Waals surface area contributed by atoms with Crippen molar-refractivity contribution < 1.29 is 0 Å². The van der Waals surface area contributed by atoms with Crippen LogP contribution < -0.4 is 0 Å². The molecule has 0 bridgehead atoms. The Hall–Kier alpha value is -2.48. The molecule has 2 N–H and O–H groups in total. The Balaban J connectivity index is 1.95. The van der Waals surface area contributed by atoms with Crippen molar-refractivity contribution in [2.24, 2.45) is 11.8 Å². The normalized spacial score (nSPS) is 15.2. The molecular formula is C29H42N2. The molecule has 0 aliphatic carbocycles. The first-order valence-corrected chi connectivity index (χ1v) is 11.9. The molecule has 2 heteroatoms. The van der Waals surface area contributed by atoms with Gasteiger partial charge in [0.25, 0.3) is 0 Å². The van der Waals surface area contributed by atoms with Crippen LogP contribution in [-0.2, 0) is 18.3 Å². The summed E-state index contributed by atoms with van der Waals surface area (Å²) in [7, 11) is 0. The number of aromatic amines is 2. The smallest absolute Gasteiger partial charge is 0.0447 e. The highest BCUT2D eigenvalue weighted by Crippen LogP contribution is 2.30. The van der Waals surface area contributed by atoms with Crippen LogP contribution in [0.5, 0.6) is 0 Å². The van der Waals surface area contributed by atoms with Gasteiger partial charge in [0, 0.05) is 41.0 Å². The minimum absolute atomic E-state index is 0.0865. The average Bonchev–Trinajstić information content (AvgIpc) is 3.43. The van der Waals surface area contributed by atoms with E-state index < -0.39 is 0 Å². The molecule has 168 valence electrons. The van der Waals surface area contributed by atoms with Crippen LogP contribution in [0.2, 0.25) is 0 Å². The summed E-state index contributed by atoms with van der Waals surface area (Å²) >= 11 is 0. The van der Waals surface area contributed by atoms with E-state index >= 15 is 0 Å². The maximum atomic E-state index is 3.63. The number of aromatic nitrogens is 2. The lowest BCUT2D eigenvalue weighted by atomic mass is 9.86. The predicted molar refractivity (Wildman–Crippen MR) is 137 cm³/mol. The third-order valence-electron chi connectivity index (χ3n) is 6.18. The lowest BCUT2D eigenvalue weighted by Gasteiger charge is -2.22. The van der Waals surface area contributed by atoms with Crippen LogP contribution in [0.3, 0.4) is 0 Å². The highest BCUT2D eigenvalue weighted by molar-refractivity contribution is 5.33. The van der Waals surface area contributed by atoms with Crippen LogP contribution >= 0.6 is 0 Å². The topological polar surface area (TPSA) is 31.6 Å². The second-order valence-electron chi connectivity index (χ2n) is 9.22. The van der Waals surface area contributed by atoms with E-state index in [-0.39, 0.29) is 5.41 Å². The number of hydrogen-bond donors (Lipinski definition) is 2. The molecule has 2 nitrogen and oxygen atoms in total.